The van der Waals surface area contributed by atoms with Crippen molar-refractivity contribution in [3.8, 4) is 5.69 Å². The Morgan fingerprint density at radius 1 is 1.21 bits per heavy atom. The van der Waals surface area contributed by atoms with Crippen molar-refractivity contribution in [2.45, 2.75) is 44.7 Å². The lowest BCUT2D eigenvalue weighted by atomic mass is 10.0. The standard InChI is InChI=1S/C19H21N5O4/c25-8-2-1-3-13-11-24(22-21-13)14-4-5-15-12(9-14)10-23(19(15)28)16-6-7-17(26)20-18(16)27/h4-5,9,11,16,25H,1-3,6-8,10H2,(H,20,26,27). The molecule has 0 bridgehead atoms. The van der Waals surface area contributed by atoms with Gasteiger partial charge in [-0.2, -0.15) is 0 Å². The summed E-state index contributed by atoms with van der Waals surface area (Å²) in [7, 11) is 0. The van der Waals surface area contributed by atoms with E-state index in [0.29, 0.717) is 18.5 Å². The minimum absolute atomic E-state index is 0.163. The number of rotatable bonds is 6. The van der Waals surface area contributed by atoms with E-state index in [-0.39, 0.29) is 24.8 Å². The fourth-order valence-electron chi connectivity index (χ4n) is 3.66. The van der Waals surface area contributed by atoms with Crippen LogP contribution in [0.25, 0.3) is 5.69 Å². The third-order valence-electron chi connectivity index (χ3n) is 5.15. The van der Waals surface area contributed by atoms with Crippen LogP contribution < -0.4 is 5.32 Å². The summed E-state index contributed by atoms with van der Waals surface area (Å²) in [5.41, 5.74) is 3.02. The summed E-state index contributed by atoms with van der Waals surface area (Å²) in [4.78, 5) is 37.7. The van der Waals surface area contributed by atoms with Crippen LogP contribution in [0.5, 0.6) is 0 Å². The van der Waals surface area contributed by atoms with Crippen LogP contribution in [0.15, 0.2) is 24.4 Å². The van der Waals surface area contributed by atoms with Crippen molar-refractivity contribution in [2.24, 2.45) is 0 Å². The molecule has 0 spiro atoms. The van der Waals surface area contributed by atoms with E-state index >= 15 is 0 Å². The number of aromatic nitrogens is 3. The summed E-state index contributed by atoms with van der Waals surface area (Å²) in [6.07, 6.45) is 4.73. The van der Waals surface area contributed by atoms with Gasteiger partial charge in [0, 0.05) is 25.1 Å². The summed E-state index contributed by atoms with van der Waals surface area (Å²) in [6, 6.07) is 4.80. The molecule has 146 valence electrons. The first kappa shape index (κ1) is 18.3. The number of fused-ring (bicyclic) bond motifs is 1. The zero-order chi connectivity index (χ0) is 19.7. The van der Waals surface area contributed by atoms with Gasteiger partial charge in [-0.25, -0.2) is 4.68 Å². The Bertz CT molecular complexity index is 938. The summed E-state index contributed by atoms with van der Waals surface area (Å²) < 4.78 is 1.66. The maximum Gasteiger partial charge on any atom is 0.255 e. The fraction of sp³-hybridized carbons (Fsp3) is 0.421. The van der Waals surface area contributed by atoms with Gasteiger partial charge in [-0.15, -0.1) is 5.10 Å². The Morgan fingerprint density at radius 2 is 2.07 bits per heavy atom. The SMILES string of the molecule is O=C1CCC(N2Cc3cc(-n4cc(CCCCO)nn4)ccc3C2=O)C(=O)N1. The number of carbonyl (C=O) groups is 3. The van der Waals surface area contributed by atoms with E-state index in [4.69, 9.17) is 5.11 Å². The number of aliphatic hydroxyl groups is 1. The number of carbonyl (C=O) groups excluding carboxylic acids is 3. The molecular formula is C19H21N5O4. The Kier molecular flexibility index (Phi) is 4.91. The molecule has 1 unspecified atom stereocenters. The third kappa shape index (κ3) is 3.40. The molecule has 9 nitrogen and oxygen atoms in total. The number of unbranched alkanes of at least 4 members (excludes halogenated alkanes) is 1. The number of nitrogens with zero attached hydrogens (tertiary/aromatic N) is 4. The number of piperidine rings is 1. The van der Waals surface area contributed by atoms with E-state index in [9.17, 15) is 14.4 Å². The molecule has 1 fully saturated rings. The maximum atomic E-state index is 12.7. The van der Waals surface area contributed by atoms with E-state index in [1.165, 1.54) is 4.90 Å². The first-order valence-corrected chi connectivity index (χ1v) is 9.37. The van der Waals surface area contributed by atoms with E-state index in [1.807, 2.05) is 12.3 Å². The molecule has 1 aromatic heterocycles. The second kappa shape index (κ2) is 7.51. The van der Waals surface area contributed by atoms with Crippen molar-refractivity contribution in [1.82, 2.24) is 25.2 Å². The van der Waals surface area contributed by atoms with E-state index in [0.717, 1.165) is 36.2 Å². The Balaban J connectivity index is 1.51. The minimum atomic E-state index is -0.620. The second-order valence-corrected chi connectivity index (χ2v) is 7.08. The zero-order valence-corrected chi connectivity index (χ0v) is 15.3. The normalized spacial score (nSPS) is 19.1. The molecule has 2 aliphatic heterocycles. The van der Waals surface area contributed by atoms with Gasteiger partial charge in [0.2, 0.25) is 11.8 Å². The highest BCUT2D eigenvalue weighted by atomic mass is 16.3. The molecule has 2 aromatic rings. The van der Waals surface area contributed by atoms with Crippen LogP contribution in [-0.4, -0.2) is 55.4 Å². The first-order valence-electron chi connectivity index (χ1n) is 9.37. The number of aryl methyl sites for hydroxylation is 1. The van der Waals surface area contributed by atoms with Gasteiger partial charge in [0.05, 0.1) is 17.6 Å². The molecule has 4 rings (SSSR count). The van der Waals surface area contributed by atoms with Crippen LogP contribution in [0.3, 0.4) is 0 Å². The van der Waals surface area contributed by atoms with Gasteiger partial charge in [-0.3, -0.25) is 19.7 Å². The summed E-state index contributed by atoms with van der Waals surface area (Å²) >= 11 is 0. The average molecular weight is 383 g/mol. The number of benzene rings is 1. The van der Waals surface area contributed by atoms with Crippen molar-refractivity contribution in [3.05, 3.63) is 41.2 Å². The van der Waals surface area contributed by atoms with Crippen molar-refractivity contribution in [2.75, 3.05) is 6.61 Å². The van der Waals surface area contributed by atoms with Gasteiger partial charge in [-0.1, -0.05) is 5.21 Å². The molecule has 2 N–H and O–H groups in total. The van der Waals surface area contributed by atoms with Crippen molar-refractivity contribution in [3.63, 3.8) is 0 Å². The van der Waals surface area contributed by atoms with Crippen LogP contribution in [0.4, 0.5) is 0 Å². The smallest absolute Gasteiger partial charge is 0.255 e. The van der Waals surface area contributed by atoms with Crippen molar-refractivity contribution in [1.29, 1.82) is 0 Å². The number of amides is 3. The second-order valence-electron chi connectivity index (χ2n) is 7.08. The highest BCUT2D eigenvalue weighted by molar-refractivity contribution is 6.05. The monoisotopic (exact) mass is 383 g/mol. The van der Waals surface area contributed by atoms with Crippen LogP contribution in [-0.2, 0) is 22.6 Å². The van der Waals surface area contributed by atoms with Gasteiger partial charge in [-0.05, 0) is 49.4 Å². The third-order valence-corrected chi connectivity index (χ3v) is 5.15. The lowest BCUT2D eigenvalue weighted by Crippen LogP contribution is -2.52. The number of nitrogens with one attached hydrogen (secondary N) is 1. The number of imide groups is 1. The van der Waals surface area contributed by atoms with Gasteiger partial charge < -0.3 is 10.0 Å². The Morgan fingerprint density at radius 3 is 2.86 bits per heavy atom. The van der Waals surface area contributed by atoms with Crippen molar-refractivity contribution < 1.29 is 19.5 Å². The maximum absolute atomic E-state index is 12.7. The average Bonchev–Trinajstić information content (AvgIpc) is 3.27. The predicted octanol–water partition coefficient (Wildman–Crippen LogP) is 0.343. The van der Waals surface area contributed by atoms with Crippen LogP contribution in [0.1, 0.15) is 47.3 Å². The van der Waals surface area contributed by atoms with Crippen molar-refractivity contribution >= 4 is 17.7 Å². The van der Waals surface area contributed by atoms with Gasteiger partial charge >= 0.3 is 0 Å². The minimum Gasteiger partial charge on any atom is -0.396 e. The Labute approximate surface area is 161 Å². The Hall–Kier alpha value is -3.07. The molecule has 1 aromatic carbocycles. The molecule has 1 atom stereocenters. The van der Waals surface area contributed by atoms with Gasteiger partial charge in [0.1, 0.15) is 6.04 Å². The molecule has 1 saturated heterocycles. The van der Waals surface area contributed by atoms with Crippen LogP contribution in [0.2, 0.25) is 0 Å². The highest BCUT2D eigenvalue weighted by Crippen LogP contribution is 2.29. The van der Waals surface area contributed by atoms with E-state index in [2.05, 4.69) is 15.6 Å². The molecule has 28 heavy (non-hydrogen) atoms. The van der Waals surface area contributed by atoms with Gasteiger partial charge in [0.15, 0.2) is 0 Å². The van der Waals surface area contributed by atoms with E-state index in [1.54, 1.807) is 16.8 Å². The predicted molar refractivity (Wildman–Crippen MR) is 97.4 cm³/mol. The summed E-state index contributed by atoms with van der Waals surface area (Å²) in [5, 5.41) is 19.5. The summed E-state index contributed by atoms with van der Waals surface area (Å²) in [6.45, 7) is 0.489. The molecule has 3 amide bonds. The number of hydrogen-bond acceptors (Lipinski definition) is 6. The van der Waals surface area contributed by atoms with Crippen LogP contribution in [0, 0.1) is 0 Å². The highest BCUT2D eigenvalue weighted by Gasteiger charge is 2.39. The lowest BCUT2D eigenvalue weighted by molar-refractivity contribution is -0.136. The molecule has 3 heterocycles. The molecule has 0 saturated carbocycles. The molecule has 2 aliphatic rings. The largest absolute Gasteiger partial charge is 0.396 e. The van der Waals surface area contributed by atoms with E-state index < -0.39 is 11.9 Å². The quantitative estimate of drug-likeness (QED) is 0.549. The molecular weight excluding hydrogens is 362 g/mol. The fourth-order valence-corrected chi connectivity index (χ4v) is 3.66. The first-order chi connectivity index (χ1) is 13.6. The number of aliphatic hydroxyl groups excluding tert-OH is 1. The van der Waals surface area contributed by atoms with Crippen LogP contribution >= 0.6 is 0 Å². The number of hydrogen-bond donors (Lipinski definition) is 2. The molecule has 0 aliphatic carbocycles. The lowest BCUT2D eigenvalue weighted by Gasteiger charge is -2.29. The zero-order valence-electron chi connectivity index (χ0n) is 15.3. The molecule has 0 radical (unpaired) electrons. The van der Waals surface area contributed by atoms with Gasteiger partial charge in [0.25, 0.3) is 5.91 Å². The topological polar surface area (TPSA) is 117 Å². The molecule has 9 heteroatoms. The summed E-state index contributed by atoms with van der Waals surface area (Å²) in [5.74, 6) is -0.908.